The van der Waals surface area contributed by atoms with Gasteiger partial charge in [-0.2, -0.15) is 0 Å². The molecule has 4 unspecified atom stereocenters. The molecule has 2 bridgehead atoms. The summed E-state index contributed by atoms with van der Waals surface area (Å²) in [5.74, 6) is 5.57. The lowest BCUT2D eigenvalue weighted by atomic mass is 9.69. The molecule has 158 valence electrons. The van der Waals surface area contributed by atoms with Crippen molar-refractivity contribution in [3.05, 3.63) is 28.8 Å². The monoisotopic (exact) mass is 386 g/mol. The molecule has 3 heterocycles. The number of hydrogen-bond acceptors (Lipinski definition) is 2. The molecule has 0 N–H and O–H groups in total. The second kappa shape index (κ2) is 8.78. The third-order valence-corrected chi connectivity index (χ3v) is 7.08. The molecular weight excluding hydrogens is 344 g/mol. The van der Waals surface area contributed by atoms with Gasteiger partial charge in [-0.15, -0.1) is 0 Å². The van der Waals surface area contributed by atoms with E-state index >= 15 is 0 Å². The summed E-state index contributed by atoms with van der Waals surface area (Å²) in [6.07, 6.45) is 4.91. The van der Waals surface area contributed by atoms with Crippen LogP contribution in [0.15, 0.2) is 12.1 Å². The Morgan fingerprint density at radius 3 is 1.82 bits per heavy atom. The zero-order valence-corrected chi connectivity index (χ0v) is 19.4. The molecule has 3 aliphatic heterocycles. The fourth-order valence-corrected chi connectivity index (χ4v) is 6.00. The molecular formula is C26H42O2. The van der Waals surface area contributed by atoms with E-state index in [1.807, 2.05) is 0 Å². The first-order chi connectivity index (χ1) is 13.2. The zero-order chi connectivity index (χ0) is 20.6. The van der Waals surface area contributed by atoms with Crippen molar-refractivity contribution in [3.8, 4) is 5.75 Å². The van der Waals surface area contributed by atoms with Crippen LogP contribution < -0.4 is 4.74 Å². The van der Waals surface area contributed by atoms with Crippen LogP contribution in [0.3, 0.4) is 0 Å². The molecule has 0 spiro atoms. The molecule has 0 amide bonds. The van der Waals surface area contributed by atoms with Crippen LogP contribution in [0.25, 0.3) is 0 Å². The number of fused-ring (bicyclic) bond motifs is 3. The van der Waals surface area contributed by atoms with Crippen LogP contribution in [0.1, 0.15) is 96.8 Å². The fourth-order valence-electron chi connectivity index (χ4n) is 6.00. The Morgan fingerprint density at radius 1 is 0.786 bits per heavy atom. The molecule has 28 heavy (non-hydrogen) atoms. The van der Waals surface area contributed by atoms with Gasteiger partial charge in [0.15, 0.2) is 0 Å². The van der Waals surface area contributed by atoms with Crippen LogP contribution >= 0.6 is 0 Å². The molecule has 2 fully saturated rings. The van der Waals surface area contributed by atoms with E-state index in [4.69, 9.17) is 9.47 Å². The first kappa shape index (κ1) is 21.7. The van der Waals surface area contributed by atoms with E-state index in [1.165, 1.54) is 29.5 Å². The molecule has 4 atom stereocenters. The van der Waals surface area contributed by atoms with Crippen molar-refractivity contribution in [1.29, 1.82) is 0 Å². The number of hydrogen-bond donors (Lipinski definition) is 0. The standard InChI is InChI=1S/C14H20O.C12H22O/c1-9(2)11-5-6-13-12(7-8-15-13)14(11)10(3)4;1-7(2)11-9-5-6-10(13-9)12(11)8(3)4/h5-6,9-10H,7-8H2,1-4H3;7-12H,5-6H2,1-4H3. The van der Waals surface area contributed by atoms with Gasteiger partial charge in [0, 0.05) is 12.0 Å². The van der Waals surface area contributed by atoms with Gasteiger partial charge < -0.3 is 9.47 Å². The minimum atomic E-state index is 0.595. The van der Waals surface area contributed by atoms with Gasteiger partial charge in [-0.05, 0) is 65.5 Å². The Hall–Kier alpha value is -1.02. The van der Waals surface area contributed by atoms with Gasteiger partial charge in [0.1, 0.15) is 5.75 Å². The molecule has 3 aliphatic rings. The molecule has 1 aromatic rings. The first-order valence-corrected chi connectivity index (χ1v) is 11.7. The summed E-state index contributed by atoms with van der Waals surface area (Å²) in [7, 11) is 0. The summed E-state index contributed by atoms with van der Waals surface area (Å²) in [4.78, 5) is 0. The van der Waals surface area contributed by atoms with E-state index in [0.29, 0.717) is 24.0 Å². The van der Waals surface area contributed by atoms with Crippen LogP contribution in [0.4, 0.5) is 0 Å². The third kappa shape index (κ3) is 4.13. The van der Waals surface area contributed by atoms with E-state index < -0.39 is 0 Å². The predicted molar refractivity (Wildman–Crippen MR) is 118 cm³/mol. The Morgan fingerprint density at radius 2 is 1.36 bits per heavy atom. The van der Waals surface area contributed by atoms with Crippen LogP contribution in [-0.4, -0.2) is 18.8 Å². The Labute approximate surface area is 173 Å². The SMILES string of the molecule is CC(C)C1C2CCC(O2)C1C(C)C.CC(C)c1ccc2c(c1C(C)C)CCO2. The molecule has 0 saturated carbocycles. The lowest BCUT2D eigenvalue weighted by molar-refractivity contribution is 0.0803. The summed E-state index contributed by atoms with van der Waals surface area (Å²) in [5.41, 5.74) is 4.48. The third-order valence-electron chi connectivity index (χ3n) is 7.08. The Bertz CT molecular complexity index is 639. The van der Waals surface area contributed by atoms with E-state index in [2.05, 4.69) is 67.5 Å². The Kier molecular flexibility index (Phi) is 6.80. The van der Waals surface area contributed by atoms with Crippen molar-refractivity contribution in [2.75, 3.05) is 6.61 Å². The summed E-state index contributed by atoms with van der Waals surface area (Å²) >= 11 is 0. The van der Waals surface area contributed by atoms with E-state index in [9.17, 15) is 0 Å². The van der Waals surface area contributed by atoms with Gasteiger partial charge in [-0.3, -0.25) is 0 Å². The van der Waals surface area contributed by atoms with Gasteiger partial charge in [-0.1, -0.05) is 61.5 Å². The molecule has 2 heteroatoms. The first-order valence-electron chi connectivity index (χ1n) is 11.7. The zero-order valence-electron chi connectivity index (χ0n) is 19.4. The maximum Gasteiger partial charge on any atom is 0.122 e. The topological polar surface area (TPSA) is 18.5 Å². The number of ether oxygens (including phenoxy) is 2. The van der Waals surface area contributed by atoms with Gasteiger partial charge in [-0.25, -0.2) is 0 Å². The molecule has 2 nitrogen and oxygen atoms in total. The van der Waals surface area contributed by atoms with E-state index in [-0.39, 0.29) is 0 Å². The van der Waals surface area contributed by atoms with Crippen LogP contribution in [0.5, 0.6) is 5.75 Å². The van der Waals surface area contributed by atoms with Crippen molar-refractivity contribution in [1.82, 2.24) is 0 Å². The molecule has 0 aromatic heterocycles. The quantitative estimate of drug-likeness (QED) is 0.557. The molecule has 4 rings (SSSR count). The average Bonchev–Trinajstić information content (AvgIpc) is 3.35. The molecule has 0 radical (unpaired) electrons. The van der Waals surface area contributed by atoms with E-state index in [0.717, 1.165) is 42.4 Å². The average molecular weight is 387 g/mol. The minimum Gasteiger partial charge on any atom is -0.493 e. The second-order valence-electron chi connectivity index (χ2n) is 10.4. The summed E-state index contributed by atoms with van der Waals surface area (Å²) in [6, 6.07) is 4.38. The number of benzene rings is 1. The van der Waals surface area contributed by atoms with Crippen LogP contribution in [0, 0.1) is 23.7 Å². The largest absolute Gasteiger partial charge is 0.493 e. The minimum absolute atomic E-state index is 0.595. The van der Waals surface area contributed by atoms with Crippen molar-refractivity contribution < 1.29 is 9.47 Å². The van der Waals surface area contributed by atoms with Gasteiger partial charge >= 0.3 is 0 Å². The van der Waals surface area contributed by atoms with Crippen molar-refractivity contribution >= 4 is 0 Å². The second-order valence-corrected chi connectivity index (χ2v) is 10.4. The highest BCUT2D eigenvalue weighted by molar-refractivity contribution is 5.49. The van der Waals surface area contributed by atoms with Gasteiger partial charge in [0.2, 0.25) is 0 Å². The predicted octanol–water partition coefficient (Wildman–Crippen LogP) is 6.96. The highest BCUT2D eigenvalue weighted by atomic mass is 16.5. The number of rotatable bonds is 4. The maximum absolute atomic E-state index is 6.02. The molecule has 0 aliphatic carbocycles. The molecule has 1 aromatic carbocycles. The van der Waals surface area contributed by atoms with E-state index in [1.54, 1.807) is 0 Å². The maximum atomic E-state index is 6.02. The van der Waals surface area contributed by atoms with Crippen molar-refractivity contribution in [2.45, 2.75) is 98.7 Å². The summed E-state index contributed by atoms with van der Waals surface area (Å²) < 4.78 is 11.6. The summed E-state index contributed by atoms with van der Waals surface area (Å²) in [6.45, 7) is 19.4. The lowest BCUT2D eigenvalue weighted by Crippen LogP contribution is -2.34. The normalized spacial score (nSPS) is 28.1. The van der Waals surface area contributed by atoms with Crippen molar-refractivity contribution in [2.24, 2.45) is 23.7 Å². The van der Waals surface area contributed by atoms with Gasteiger partial charge in [0.25, 0.3) is 0 Å². The van der Waals surface area contributed by atoms with Crippen LogP contribution in [0.2, 0.25) is 0 Å². The molecule has 2 saturated heterocycles. The fraction of sp³-hybridized carbons (Fsp3) is 0.769. The highest BCUT2D eigenvalue weighted by Crippen LogP contribution is 2.49. The van der Waals surface area contributed by atoms with Crippen LogP contribution in [-0.2, 0) is 11.2 Å². The lowest BCUT2D eigenvalue weighted by Gasteiger charge is -2.33. The summed E-state index contributed by atoms with van der Waals surface area (Å²) in [5, 5.41) is 0. The Balaban J connectivity index is 0.000000162. The highest BCUT2D eigenvalue weighted by Gasteiger charge is 2.50. The van der Waals surface area contributed by atoms with Gasteiger partial charge in [0.05, 0.1) is 18.8 Å². The smallest absolute Gasteiger partial charge is 0.122 e. The van der Waals surface area contributed by atoms with Crippen molar-refractivity contribution in [3.63, 3.8) is 0 Å².